The molecule has 107 heavy (non-hydrogen) atoms. The number of unbranched alkanes of at least 4 members (excludes halogenated alkanes) is 38. The number of phosphoric ester groups is 2. The van der Waals surface area contributed by atoms with E-state index in [4.69, 9.17) is 32.3 Å². The highest BCUT2D eigenvalue weighted by atomic mass is 31.2. The fourth-order valence-electron chi connectivity index (χ4n) is 11.6. The quantitative estimate of drug-likeness (QED) is 0.0146. The fourth-order valence-corrected chi connectivity index (χ4v) is 13.2. The summed E-state index contributed by atoms with van der Waals surface area (Å²) in [5.41, 5.74) is 0. The van der Waals surface area contributed by atoms with Crippen LogP contribution in [0.15, 0.2) is 122 Å². The van der Waals surface area contributed by atoms with Gasteiger partial charge in [-0.05, 0) is 141 Å². The van der Waals surface area contributed by atoms with Crippen molar-refractivity contribution in [1.29, 1.82) is 0 Å². The average molecular weight is 1540 g/mol. The predicted octanol–water partition coefficient (Wildman–Crippen LogP) is 25.7. The predicted molar refractivity (Wildman–Crippen MR) is 445 cm³/mol. The van der Waals surface area contributed by atoms with E-state index in [9.17, 15) is 43.5 Å². The van der Waals surface area contributed by atoms with Crippen molar-refractivity contribution in [2.45, 2.75) is 386 Å². The third-order valence-electron chi connectivity index (χ3n) is 18.1. The summed E-state index contributed by atoms with van der Waals surface area (Å²) < 4.78 is 61.3. The molecule has 618 valence electrons. The molecule has 5 atom stereocenters. The molecule has 0 rings (SSSR count). The van der Waals surface area contributed by atoms with E-state index < -0.39 is 91.5 Å². The Kier molecular flexibility index (Phi) is 78.4. The topological polar surface area (TPSA) is 231 Å². The number of esters is 3. The number of phosphoric acid groups is 2. The second-order valence-corrected chi connectivity index (χ2v) is 31.5. The Hall–Kier alpha value is -4.05. The molecule has 4 N–H and O–H groups in total. The molecule has 0 aromatic rings. The number of aliphatic hydroxyl groups excluding tert-OH is 2. The van der Waals surface area contributed by atoms with Crippen LogP contribution in [0.5, 0.6) is 0 Å². The first-order valence-electron chi connectivity index (χ1n) is 42.8. The van der Waals surface area contributed by atoms with E-state index in [1.807, 2.05) is 0 Å². The van der Waals surface area contributed by atoms with E-state index in [1.165, 1.54) is 167 Å². The highest BCUT2D eigenvalue weighted by molar-refractivity contribution is 7.47. The zero-order chi connectivity index (χ0) is 78.0. The summed E-state index contributed by atoms with van der Waals surface area (Å²) in [5.74, 6) is -1.59. The standard InChI is InChI=1S/C89H156O16P2/c1-4-7-10-13-16-19-22-25-28-30-32-34-36-38-40-41-43-45-46-48-50-52-55-57-60-63-66-69-72-75-87(92)99-78-84(90)79-101-106(95,96)102-80-85(91)81-103-107(97,98)104-83-86(105-89(94)77-74-71-68-65-62-59-54-27-24-21-18-15-12-9-6-3)82-100-88(93)76-73-70-67-64-61-58-56-53-51-49-47-44-42-39-37-35-33-31-29-26-23-20-17-14-11-8-5-2/h16-21,25-29,32-35,38-40,42,54,84-86,90-91H,4-15,22-24,30-31,36-37,41,43-53,55-83H2,1-3H3,(H,95,96)(H,97,98)/b19-16-,20-17-,21-18-,28-25-,29-26-,34-32-,35-33-,40-38-,42-39-,54-27-. The maximum Gasteiger partial charge on any atom is 0.472 e. The minimum atomic E-state index is -4.94. The molecule has 0 saturated carbocycles. The lowest BCUT2D eigenvalue weighted by molar-refractivity contribution is -0.161. The normalized spacial score (nSPS) is 14.5. The van der Waals surface area contributed by atoms with Crippen LogP contribution in [0.2, 0.25) is 0 Å². The van der Waals surface area contributed by atoms with Crippen LogP contribution in [-0.4, -0.2) is 95.9 Å². The first kappa shape index (κ1) is 103. The van der Waals surface area contributed by atoms with Crippen molar-refractivity contribution in [2.75, 3.05) is 39.6 Å². The van der Waals surface area contributed by atoms with Gasteiger partial charge >= 0.3 is 33.6 Å². The van der Waals surface area contributed by atoms with E-state index in [0.717, 1.165) is 141 Å². The molecule has 0 amide bonds. The van der Waals surface area contributed by atoms with Crippen LogP contribution in [0.3, 0.4) is 0 Å². The number of allylic oxidation sites excluding steroid dienone is 20. The van der Waals surface area contributed by atoms with Crippen molar-refractivity contribution in [3.63, 3.8) is 0 Å². The van der Waals surface area contributed by atoms with E-state index >= 15 is 0 Å². The van der Waals surface area contributed by atoms with Gasteiger partial charge < -0.3 is 34.2 Å². The van der Waals surface area contributed by atoms with Gasteiger partial charge in [0.1, 0.15) is 25.4 Å². The molecule has 0 fully saturated rings. The SMILES string of the molecule is CCCCC/C=C\C/C=C\C/C=C\C/C=C\CCCCCCCCCCCCCCCC(=O)OCC(O)COP(=O)(O)OCC(O)COP(=O)(O)OCC(COC(=O)CCCCCCCCCCCCC/C=C\C/C=C\C/C=C\C/C=C\CCCCC)OC(=O)CCCCCCC/C=C\C/C=C\CCCCC. The van der Waals surface area contributed by atoms with Gasteiger partial charge in [-0.1, -0.05) is 328 Å². The summed E-state index contributed by atoms with van der Waals surface area (Å²) in [6, 6.07) is 0. The number of carbonyl (C=O) groups excluding carboxylic acids is 3. The number of rotatable bonds is 81. The molecular weight excluding hydrogens is 1390 g/mol. The lowest BCUT2D eigenvalue weighted by Crippen LogP contribution is -2.30. The monoisotopic (exact) mass is 1540 g/mol. The molecule has 18 heteroatoms. The van der Waals surface area contributed by atoms with Gasteiger partial charge in [-0.15, -0.1) is 0 Å². The van der Waals surface area contributed by atoms with Crippen LogP contribution >= 0.6 is 15.6 Å². The van der Waals surface area contributed by atoms with Crippen LogP contribution in [0.25, 0.3) is 0 Å². The molecule has 0 aliphatic rings. The third kappa shape index (κ3) is 82.7. The number of hydrogen-bond donors (Lipinski definition) is 4. The summed E-state index contributed by atoms with van der Waals surface area (Å²) in [6.07, 6.45) is 98.1. The lowest BCUT2D eigenvalue weighted by Gasteiger charge is -2.21. The lowest BCUT2D eigenvalue weighted by atomic mass is 10.0. The van der Waals surface area contributed by atoms with E-state index in [0.29, 0.717) is 19.3 Å². The van der Waals surface area contributed by atoms with E-state index in [2.05, 4.69) is 142 Å². The van der Waals surface area contributed by atoms with Gasteiger partial charge in [0.05, 0.1) is 26.4 Å². The zero-order valence-corrected chi connectivity index (χ0v) is 69.6. The second kappa shape index (κ2) is 81.4. The van der Waals surface area contributed by atoms with E-state index in [-0.39, 0.29) is 19.3 Å². The number of ether oxygens (including phenoxy) is 3. The first-order chi connectivity index (χ1) is 52.2. The third-order valence-corrected chi connectivity index (χ3v) is 20.0. The maximum absolute atomic E-state index is 13.0. The van der Waals surface area contributed by atoms with Gasteiger partial charge in [0.15, 0.2) is 6.10 Å². The van der Waals surface area contributed by atoms with Crippen LogP contribution in [0.4, 0.5) is 0 Å². The van der Waals surface area contributed by atoms with Crippen molar-refractivity contribution in [3.8, 4) is 0 Å². The first-order valence-corrected chi connectivity index (χ1v) is 45.8. The molecule has 0 bridgehead atoms. The summed E-state index contributed by atoms with van der Waals surface area (Å²) in [7, 11) is -9.80. The Morgan fingerprint density at radius 1 is 0.262 bits per heavy atom. The van der Waals surface area contributed by atoms with Gasteiger partial charge in [0.2, 0.25) is 0 Å². The zero-order valence-electron chi connectivity index (χ0n) is 67.8. The molecule has 16 nitrogen and oxygen atoms in total. The summed E-state index contributed by atoms with van der Waals surface area (Å²) in [6.45, 7) is 2.62. The molecule has 0 aromatic carbocycles. The van der Waals surface area contributed by atoms with Crippen LogP contribution in [-0.2, 0) is 55.8 Å². The van der Waals surface area contributed by atoms with Crippen molar-refractivity contribution in [1.82, 2.24) is 0 Å². The molecule has 0 radical (unpaired) electrons. The fraction of sp³-hybridized carbons (Fsp3) is 0.742. The summed E-state index contributed by atoms with van der Waals surface area (Å²) in [5, 5.41) is 20.7. The van der Waals surface area contributed by atoms with Gasteiger partial charge in [-0.2, -0.15) is 0 Å². The molecule has 0 aromatic heterocycles. The van der Waals surface area contributed by atoms with Gasteiger partial charge in [-0.25, -0.2) is 9.13 Å². The number of aliphatic hydroxyl groups is 2. The summed E-state index contributed by atoms with van der Waals surface area (Å²) >= 11 is 0. The Bertz CT molecular complexity index is 2430. The minimum Gasteiger partial charge on any atom is -0.463 e. The van der Waals surface area contributed by atoms with E-state index in [1.54, 1.807) is 0 Å². The van der Waals surface area contributed by atoms with Gasteiger partial charge in [-0.3, -0.25) is 32.5 Å². The Morgan fingerprint density at radius 2 is 0.467 bits per heavy atom. The van der Waals surface area contributed by atoms with Crippen molar-refractivity contribution in [2.24, 2.45) is 0 Å². The summed E-state index contributed by atoms with van der Waals surface area (Å²) in [4.78, 5) is 58.8. The Labute approximate surface area is 653 Å². The van der Waals surface area contributed by atoms with Crippen molar-refractivity contribution < 1.29 is 75.8 Å². The average Bonchev–Trinajstić information content (AvgIpc) is 0.914. The molecule has 0 heterocycles. The van der Waals surface area contributed by atoms with Crippen LogP contribution in [0.1, 0.15) is 367 Å². The highest BCUT2D eigenvalue weighted by Crippen LogP contribution is 2.45. The van der Waals surface area contributed by atoms with Gasteiger partial charge in [0, 0.05) is 19.3 Å². The molecule has 0 aliphatic carbocycles. The maximum atomic E-state index is 13.0. The second-order valence-electron chi connectivity index (χ2n) is 28.6. The molecule has 0 spiro atoms. The molecule has 0 aliphatic heterocycles. The van der Waals surface area contributed by atoms with Crippen molar-refractivity contribution >= 4 is 33.6 Å². The molecule has 5 unspecified atom stereocenters. The number of carbonyl (C=O) groups is 3. The minimum absolute atomic E-state index is 0.0871. The van der Waals surface area contributed by atoms with Crippen LogP contribution < -0.4 is 0 Å². The molecule has 0 saturated heterocycles. The Balaban J connectivity index is 4.52. The van der Waals surface area contributed by atoms with Crippen molar-refractivity contribution in [3.05, 3.63) is 122 Å². The number of hydrogen-bond acceptors (Lipinski definition) is 14. The van der Waals surface area contributed by atoms with Gasteiger partial charge in [0.25, 0.3) is 0 Å². The Morgan fingerprint density at radius 3 is 0.738 bits per heavy atom. The highest BCUT2D eigenvalue weighted by Gasteiger charge is 2.29. The molecular formula is C89H156O16P2. The smallest absolute Gasteiger partial charge is 0.463 e. The largest absolute Gasteiger partial charge is 0.472 e. The van der Waals surface area contributed by atoms with Crippen LogP contribution in [0, 0.1) is 0 Å².